The number of hydrogen-bond donors (Lipinski definition) is 0. The molecule has 0 spiro atoms. The van der Waals surface area contributed by atoms with Gasteiger partial charge in [0.15, 0.2) is 11.4 Å². The van der Waals surface area contributed by atoms with Gasteiger partial charge in [-0.05, 0) is 80.6 Å². The van der Waals surface area contributed by atoms with E-state index in [2.05, 4.69) is 26.7 Å². The second-order valence-electron chi connectivity index (χ2n) is 11.2. The third kappa shape index (κ3) is 3.59. The van der Waals surface area contributed by atoms with Gasteiger partial charge >= 0.3 is 5.97 Å². The third-order valence-corrected chi connectivity index (χ3v) is 9.84. The Bertz CT molecular complexity index is 804. The molecule has 4 aliphatic rings. The first-order chi connectivity index (χ1) is 14.8. The smallest absolute Gasteiger partial charge is 0.307 e. The maximum absolute atomic E-state index is 12.7. The Labute approximate surface area is 188 Å². The summed E-state index contributed by atoms with van der Waals surface area (Å²) in [5.41, 5.74) is 0.678. The van der Waals surface area contributed by atoms with Crippen molar-refractivity contribution in [1.29, 1.82) is 0 Å². The molecule has 0 aromatic heterocycles. The van der Waals surface area contributed by atoms with E-state index < -0.39 is 5.60 Å². The fourth-order valence-electron chi connectivity index (χ4n) is 7.93. The highest BCUT2D eigenvalue weighted by Crippen LogP contribution is 2.68. The predicted octanol–water partition coefficient (Wildman–Crippen LogP) is 6.40. The number of carbonyl (C=O) groups is 2. The summed E-state index contributed by atoms with van der Waals surface area (Å²) >= 11 is 0. The van der Waals surface area contributed by atoms with Crippen molar-refractivity contribution in [2.75, 3.05) is 0 Å². The summed E-state index contributed by atoms with van der Waals surface area (Å²) in [6, 6.07) is 0. The Morgan fingerprint density at radius 3 is 2.61 bits per heavy atom. The molecule has 170 valence electrons. The number of carbonyl (C=O) groups excluding carboxylic acids is 2. The molecule has 0 aromatic carbocycles. The Morgan fingerprint density at radius 2 is 1.87 bits per heavy atom. The molecule has 3 heteroatoms. The lowest BCUT2D eigenvalue weighted by Gasteiger charge is -2.58. The van der Waals surface area contributed by atoms with Crippen molar-refractivity contribution in [3.63, 3.8) is 0 Å². The van der Waals surface area contributed by atoms with Crippen LogP contribution in [0.1, 0.15) is 104 Å². The van der Waals surface area contributed by atoms with Crippen LogP contribution in [-0.2, 0) is 14.3 Å². The van der Waals surface area contributed by atoms with Gasteiger partial charge in [-0.15, -0.1) is 6.42 Å². The van der Waals surface area contributed by atoms with Gasteiger partial charge in [-0.1, -0.05) is 51.5 Å². The van der Waals surface area contributed by atoms with Gasteiger partial charge in [0.05, 0.1) is 0 Å². The molecule has 4 rings (SSSR count). The molecule has 3 nitrogen and oxygen atoms in total. The first-order valence-electron chi connectivity index (χ1n) is 12.7. The molecule has 0 heterocycles. The number of rotatable bonds is 6. The lowest BCUT2D eigenvalue weighted by atomic mass is 9.46. The van der Waals surface area contributed by atoms with Crippen LogP contribution in [0.25, 0.3) is 0 Å². The molecule has 0 aliphatic heterocycles. The van der Waals surface area contributed by atoms with Gasteiger partial charge in [0.2, 0.25) is 0 Å². The minimum absolute atomic E-state index is 0.107. The molecule has 3 fully saturated rings. The molecule has 0 bridgehead atoms. The number of esters is 1. The summed E-state index contributed by atoms with van der Waals surface area (Å²) in [7, 11) is 0. The minimum Gasteiger partial charge on any atom is -0.445 e. The van der Waals surface area contributed by atoms with Gasteiger partial charge in [-0.2, -0.15) is 0 Å². The van der Waals surface area contributed by atoms with Crippen LogP contribution in [0.4, 0.5) is 0 Å². The highest BCUT2D eigenvalue weighted by molar-refractivity contribution is 5.91. The standard InChI is InChI=1S/C28H40O3/c1-5-7-8-9-10-25(30)31-28(6-2)18-15-24-22-12-11-20-19-21(29)13-16-26(20,3)23(22)14-17-27(24,28)4/h2,19,22-24H,5,7-18H2,1,3-4H3/t22-,23+,24+,26+,27+,28+/m1/s1. The SMILES string of the molecule is C#C[C@]1(OC(=O)CCCCCC)CC[C@H]2[C@@H]3CCC4=CC(=O)CC[C@]4(C)[C@H]3CC[C@@]21C. The van der Waals surface area contributed by atoms with Crippen LogP contribution >= 0.6 is 0 Å². The quantitative estimate of drug-likeness (QED) is 0.281. The molecule has 0 radical (unpaired) electrons. The van der Waals surface area contributed by atoms with E-state index in [1.807, 2.05) is 6.08 Å². The van der Waals surface area contributed by atoms with Gasteiger partial charge < -0.3 is 4.74 Å². The molecule has 4 aliphatic carbocycles. The lowest BCUT2D eigenvalue weighted by Crippen LogP contribution is -2.55. The molecule has 3 saturated carbocycles. The summed E-state index contributed by atoms with van der Waals surface area (Å²) < 4.78 is 6.20. The molecular weight excluding hydrogens is 384 g/mol. The zero-order chi connectivity index (χ0) is 22.3. The normalized spacial score (nSPS) is 41.4. The number of ketones is 1. The number of hydrogen-bond acceptors (Lipinski definition) is 3. The Kier molecular flexibility index (Phi) is 6.14. The van der Waals surface area contributed by atoms with Crippen molar-refractivity contribution in [2.24, 2.45) is 28.6 Å². The first kappa shape index (κ1) is 22.6. The van der Waals surface area contributed by atoms with Crippen LogP contribution in [0.3, 0.4) is 0 Å². The monoisotopic (exact) mass is 424 g/mol. The predicted molar refractivity (Wildman–Crippen MR) is 123 cm³/mol. The van der Waals surface area contributed by atoms with E-state index in [-0.39, 0.29) is 16.8 Å². The van der Waals surface area contributed by atoms with E-state index in [1.165, 1.54) is 5.57 Å². The Morgan fingerprint density at radius 1 is 1.10 bits per heavy atom. The second kappa shape index (κ2) is 8.42. The number of ether oxygens (including phenoxy) is 1. The van der Waals surface area contributed by atoms with E-state index in [0.717, 1.165) is 70.6 Å². The van der Waals surface area contributed by atoms with E-state index in [1.54, 1.807) is 0 Å². The van der Waals surface area contributed by atoms with Gasteiger partial charge in [-0.3, -0.25) is 9.59 Å². The molecule has 0 aromatic rings. The van der Waals surface area contributed by atoms with Gasteiger partial charge in [-0.25, -0.2) is 0 Å². The van der Waals surface area contributed by atoms with Crippen LogP contribution in [0, 0.1) is 40.9 Å². The maximum atomic E-state index is 12.7. The Hall–Kier alpha value is -1.56. The summed E-state index contributed by atoms with van der Waals surface area (Å²) in [6.45, 7) is 6.89. The summed E-state index contributed by atoms with van der Waals surface area (Å²) in [5, 5.41) is 0. The molecule has 6 atom stereocenters. The fraction of sp³-hybridized carbons (Fsp3) is 0.786. The molecule has 0 unspecified atom stereocenters. The average Bonchev–Trinajstić information content (AvgIpc) is 3.04. The lowest BCUT2D eigenvalue weighted by molar-refractivity contribution is -0.171. The third-order valence-electron chi connectivity index (χ3n) is 9.84. The maximum Gasteiger partial charge on any atom is 0.307 e. The highest BCUT2D eigenvalue weighted by Gasteiger charge is 2.65. The van der Waals surface area contributed by atoms with E-state index in [4.69, 9.17) is 11.2 Å². The number of allylic oxidation sites excluding steroid dienone is 1. The first-order valence-corrected chi connectivity index (χ1v) is 12.7. The molecule has 31 heavy (non-hydrogen) atoms. The topological polar surface area (TPSA) is 43.4 Å². The van der Waals surface area contributed by atoms with Crippen LogP contribution in [0.5, 0.6) is 0 Å². The van der Waals surface area contributed by atoms with Crippen molar-refractivity contribution in [1.82, 2.24) is 0 Å². The largest absolute Gasteiger partial charge is 0.445 e. The van der Waals surface area contributed by atoms with Crippen molar-refractivity contribution in [2.45, 2.75) is 110 Å². The molecule has 0 amide bonds. The van der Waals surface area contributed by atoms with Crippen molar-refractivity contribution < 1.29 is 14.3 Å². The fourth-order valence-corrected chi connectivity index (χ4v) is 7.93. The van der Waals surface area contributed by atoms with Gasteiger partial charge in [0.1, 0.15) is 0 Å². The van der Waals surface area contributed by atoms with Crippen molar-refractivity contribution >= 4 is 11.8 Å². The summed E-state index contributed by atoms with van der Waals surface area (Å²) in [4.78, 5) is 24.8. The van der Waals surface area contributed by atoms with E-state index >= 15 is 0 Å². The minimum atomic E-state index is -0.746. The number of fused-ring (bicyclic) bond motifs is 5. The van der Waals surface area contributed by atoms with Gasteiger partial charge in [0.25, 0.3) is 0 Å². The highest BCUT2D eigenvalue weighted by atomic mass is 16.6. The van der Waals surface area contributed by atoms with Crippen LogP contribution < -0.4 is 0 Å². The summed E-state index contributed by atoms with van der Waals surface area (Å²) in [5.74, 6) is 4.97. The van der Waals surface area contributed by atoms with E-state index in [0.29, 0.717) is 36.4 Å². The molecular formula is C28H40O3. The number of unbranched alkanes of at least 4 members (excludes halogenated alkanes) is 3. The Balaban J connectivity index is 1.52. The zero-order valence-electron chi connectivity index (χ0n) is 19.8. The van der Waals surface area contributed by atoms with Crippen LogP contribution in [-0.4, -0.2) is 17.4 Å². The van der Waals surface area contributed by atoms with Gasteiger partial charge in [0, 0.05) is 18.3 Å². The summed E-state index contributed by atoms with van der Waals surface area (Å²) in [6.07, 6.45) is 20.7. The number of terminal acetylenes is 1. The van der Waals surface area contributed by atoms with Crippen molar-refractivity contribution in [3.05, 3.63) is 11.6 Å². The average molecular weight is 425 g/mol. The van der Waals surface area contributed by atoms with Crippen LogP contribution in [0.2, 0.25) is 0 Å². The van der Waals surface area contributed by atoms with E-state index in [9.17, 15) is 9.59 Å². The molecule has 0 saturated heterocycles. The van der Waals surface area contributed by atoms with Crippen molar-refractivity contribution in [3.8, 4) is 12.3 Å². The van der Waals surface area contributed by atoms with Crippen LogP contribution in [0.15, 0.2) is 11.6 Å². The zero-order valence-corrected chi connectivity index (χ0v) is 19.8. The second-order valence-corrected chi connectivity index (χ2v) is 11.2. The molecule has 0 N–H and O–H groups in total.